The smallest absolute Gasteiger partial charge is 0.129 e. The summed E-state index contributed by atoms with van der Waals surface area (Å²) in [6.45, 7) is 2.03. The average molecular weight is 285 g/mol. The average Bonchev–Trinajstić information content (AvgIpc) is 2.56. The number of nitriles is 2. The lowest BCUT2D eigenvalue weighted by atomic mass is 10.1. The van der Waals surface area contributed by atoms with Crippen LogP contribution in [0.4, 0.5) is 5.69 Å². The molecule has 2 aromatic rings. The zero-order valence-electron chi connectivity index (χ0n) is 12.2. The fraction of sp³-hybridized carbons (Fsp3) is 0.0526. The van der Waals surface area contributed by atoms with Crippen LogP contribution in [-0.4, -0.2) is 0 Å². The molecule has 106 valence electrons. The number of hydrogen-bond donors (Lipinski definition) is 1. The number of hydrogen-bond acceptors (Lipinski definition) is 3. The van der Waals surface area contributed by atoms with Crippen LogP contribution in [0, 0.1) is 29.6 Å². The third-order valence-corrected chi connectivity index (χ3v) is 3.07. The molecule has 0 fully saturated rings. The zero-order chi connectivity index (χ0) is 15.8. The summed E-state index contributed by atoms with van der Waals surface area (Å²) in [6.07, 6.45) is 3.27. The molecule has 0 atom stereocenters. The van der Waals surface area contributed by atoms with Crippen LogP contribution < -0.4 is 5.32 Å². The second-order valence-corrected chi connectivity index (χ2v) is 4.74. The fourth-order valence-electron chi connectivity index (χ4n) is 1.89. The van der Waals surface area contributed by atoms with Crippen LogP contribution in [0.15, 0.2) is 72.3 Å². The zero-order valence-corrected chi connectivity index (χ0v) is 12.2. The molecule has 0 aliphatic carbocycles. The lowest BCUT2D eigenvalue weighted by Crippen LogP contribution is -1.98. The Hall–Kier alpha value is -3.30. The van der Waals surface area contributed by atoms with Crippen LogP contribution in [0.25, 0.3) is 5.70 Å². The summed E-state index contributed by atoms with van der Waals surface area (Å²) in [7, 11) is 0. The van der Waals surface area contributed by atoms with Crippen molar-refractivity contribution >= 4 is 11.4 Å². The molecule has 3 heteroatoms. The Morgan fingerprint density at radius 2 is 1.55 bits per heavy atom. The van der Waals surface area contributed by atoms with Crippen molar-refractivity contribution in [3.8, 4) is 12.1 Å². The van der Waals surface area contributed by atoms with Gasteiger partial charge in [0, 0.05) is 11.4 Å². The monoisotopic (exact) mass is 285 g/mol. The van der Waals surface area contributed by atoms with Gasteiger partial charge in [-0.3, -0.25) is 0 Å². The predicted molar refractivity (Wildman–Crippen MR) is 88.5 cm³/mol. The van der Waals surface area contributed by atoms with E-state index in [1.54, 1.807) is 6.08 Å². The molecule has 1 N–H and O–H groups in total. The molecule has 0 amide bonds. The summed E-state index contributed by atoms with van der Waals surface area (Å²) in [6, 6.07) is 21.5. The number of aryl methyl sites for hydroxylation is 1. The number of nitrogens with one attached hydrogen (secondary N) is 1. The first-order chi connectivity index (χ1) is 10.7. The molecule has 0 bridgehead atoms. The molecule has 0 aromatic heterocycles. The number of benzene rings is 2. The molecular formula is C19H15N3. The maximum atomic E-state index is 8.85. The molecule has 2 rings (SSSR count). The third kappa shape index (κ3) is 4.10. The summed E-state index contributed by atoms with van der Waals surface area (Å²) in [5.41, 5.74) is 4.00. The van der Waals surface area contributed by atoms with Crippen molar-refractivity contribution in [3.05, 3.63) is 83.4 Å². The fourth-order valence-corrected chi connectivity index (χ4v) is 1.89. The highest BCUT2D eigenvalue weighted by Gasteiger charge is 2.02. The van der Waals surface area contributed by atoms with E-state index in [1.165, 1.54) is 11.6 Å². The first kappa shape index (κ1) is 15.1. The van der Waals surface area contributed by atoms with E-state index in [4.69, 9.17) is 10.5 Å². The molecule has 0 heterocycles. The van der Waals surface area contributed by atoms with E-state index in [1.807, 2.05) is 73.7 Å². The normalized spacial score (nSPS) is 10.2. The van der Waals surface area contributed by atoms with Gasteiger partial charge in [-0.25, -0.2) is 0 Å². The van der Waals surface area contributed by atoms with Gasteiger partial charge in [0.25, 0.3) is 0 Å². The van der Waals surface area contributed by atoms with Gasteiger partial charge in [-0.2, -0.15) is 10.5 Å². The maximum Gasteiger partial charge on any atom is 0.129 e. The second-order valence-electron chi connectivity index (χ2n) is 4.74. The molecule has 2 aromatic carbocycles. The van der Waals surface area contributed by atoms with Gasteiger partial charge in [0.1, 0.15) is 17.7 Å². The highest BCUT2D eigenvalue weighted by Crippen LogP contribution is 2.19. The van der Waals surface area contributed by atoms with Crippen LogP contribution in [-0.2, 0) is 0 Å². The van der Waals surface area contributed by atoms with E-state index in [-0.39, 0.29) is 5.57 Å². The minimum atomic E-state index is 0.0690. The van der Waals surface area contributed by atoms with Crippen molar-refractivity contribution in [2.24, 2.45) is 0 Å². The number of rotatable bonds is 4. The quantitative estimate of drug-likeness (QED) is 0.668. The van der Waals surface area contributed by atoms with Gasteiger partial charge in [-0.05, 0) is 36.8 Å². The molecule has 0 spiro atoms. The molecule has 22 heavy (non-hydrogen) atoms. The highest BCUT2D eigenvalue weighted by molar-refractivity contribution is 5.78. The highest BCUT2D eigenvalue weighted by atomic mass is 14.9. The first-order valence-electron chi connectivity index (χ1n) is 6.84. The summed E-state index contributed by atoms with van der Waals surface area (Å²) in [5.74, 6) is 0. The van der Waals surface area contributed by atoms with Crippen molar-refractivity contribution in [1.29, 1.82) is 10.5 Å². The van der Waals surface area contributed by atoms with Gasteiger partial charge in [-0.15, -0.1) is 0 Å². The molecule has 0 aliphatic heterocycles. The van der Waals surface area contributed by atoms with Crippen molar-refractivity contribution in [1.82, 2.24) is 0 Å². The second kappa shape index (κ2) is 7.47. The van der Waals surface area contributed by atoms with Gasteiger partial charge in [-0.1, -0.05) is 48.0 Å². The largest absolute Gasteiger partial charge is 0.355 e. The van der Waals surface area contributed by atoms with Crippen LogP contribution in [0.3, 0.4) is 0 Å². The maximum absolute atomic E-state index is 8.85. The first-order valence-corrected chi connectivity index (χ1v) is 6.84. The number of allylic oxidation sites excluding steroid dienone is 3. The van der Waals surface area contributed by atoms with E-state index in [2.05, 4.69) is 5.32 Å². The summed E-state index contributed by atoms with van der Waals surface area (Å²) in [4.78, 5) is 0. The molecule has 0 saturated carbocycles. The lowest BCUT2D eigenvalue weighted by Gasteiger charge is -2.11. The Bertz CT molecular complexity index is 754. The summed E-state index contributed by atoms with van der Waals surface area (Å²) >= 11 is 0. The molecular weight excluding hydrogens is 270 g/mol. The van der Waals surface area contributed by atoms with Crippen LogP contribution in [0.2, 0.25) is 0 Å². The van der Waals surface area contributed by atoms with E-state index in [0.29, 0.717) is 0 Å². The lowest BCUT2D eigenvalue weighted by molar-refractivity contribution is 1.44. The molecule has 0 unspecified atom stereocenters. The van der Waals surface area contributed by atoms with Gasteiger partial charge in [0.05, 0.1) is 0 Å². The Kier molecular flexibility index (Phi) is 5.13. The van der Waals surface area contributed by atoms with Gasteiger partial charge in [0.2, 0.25) is 0 Å². The number of para-hydroxylation sites is 1. The minimum Gasteiger partial charge on any atom is -0.355 e. The Morgan fingerprint density at radius 1 is 0.909 bits per heavy atom. The topological polar surface area (TPSA) is 59.6 Å². The van der Waals surface area contributed by atoms with E-state index < -0.39 is 0 Å². The predicted octanol–water partition coefficient (Wildman–Crippen LogP) is 4.42. The van der Waals surface area contributed by atoms with Crippen LogP contribution in [0.5, 0.6) is 0 Å². The van der Waals surface area contributed by atoms with Crippen molar-refractivity contribution in [2.75, 3.05) is 5.32 Å². The van der Waals surface area contributed by atoms with Crippen molar-refractivity contribution < 1.29 is 0 Å². The molecule has 0 aliphatic rings. The molecule has 0 saturated heterocycles. The van der Waals surface area contributed by atoms with Crippen molar-refractivity contribution in [2.45, 2.75) is 6.92 Å². The van der Waals surface area contributed by atoms with E-state index in [9.17, 15) is 0 Å². The van der Waals surface area contributed by atoms with Crippen molar-refractivity contribution in [3.63, 3.8) is 0 Å². The summed E-state index contributed by atoms with van der Waals surface area (Å²) < 4.78 is 0. The van der Waals surface area contributed by atoms with Gasteiger partial charge in [0.15, 0.2) is 0 Å². The van der Waals surface area contributed by atoms with Gasteiger partial charge >= 0.3 is 0 Å². The van der Waals surface area contributed by atoms with Crippen LogP contribution >= 0.6 is 0 Å². The Labute approximate surface area is 130 Å². The Balaban J connectivity index is 2.39. The number of nitrogens with zero attached hydrogens (tertiary/aromatic N) is 2. The molecule has 3 nitrogen and oxygen atoms in total. The third-order valence-electron chi connectivity index (χ3n) is 3.07. The minimum absolute atomic E-state index is 0.0690. The van der Waals surface area contributed by atoms with E-state index >= 15 is 0 Å². The molecule has 0 radical (unpaired) electrons. The Morgan fingerprint density at radius 3 is 2.14 bits per heavy atom. The van der Waals surface area contributed by atoms with Gasteiger partial charge < -0.3 is 5.32 Å². The number of anilines is 1. The summed E-state index contributed by atoms with van der Waals surface area (Å²) in [5, 5.41) is 21.0. The van der Waals surface area contributed by atoms with Crippen LogP contribution in [0.1, 0.15) is 11.1 Å². The SMILES string of the molecule is Cc1ccc(/C(=C/C=C(C#N)C#N)Nc2ccccc2)cc1. The van der Waals surface area contributed by atoms with E-state index in [0.717, 1.165) is 16.9 Å². The standard InChI is InChI=1S/C19H15N3/c1-15-7-10-17(11-8-15)19(12-9-16(13-20)14-21)22-18-5-3-2-4-6-18/h2-12,22H,1H3/b19-12-.